The molecule has 1 heterocycles. The molecule has 0 atom stereocenters. The average Bonchev–Trinajstić information content (AvgIpc) is 2.38. The zero-order valence-corrected chi connectivity index (χ0v) is 12.8. The van der Waals surface area contributed by atoms with E-state index >= 15 is 0 Å². The van der Waals surface area contributed by atoms with Crippen LogP contribution in [0, 0.1) is 11.8 Å². The van der Waals surface area contributed by atoms with Crippen LogP contribution < -0.4 is 10.6 Å². The van der Waals surface area contributed by atoms with Crippen molar-refractivity contribution in [2.45, 2.75) is 47.1 Å². The number of hydrogen-bond acceptors (Lipinski definition) is 4. The fraction of sp³-hybridized carbons (Fsp3) is 0.733. The van der Waals surface area contributed by atoms with E-state index in [0.29, 0.717) is 18.4 Å². The molecular weight excluding hydrogens is 236 g/mol. The third kappa shape index (κ3) is 5.55. The molecule has 0 radical (unpaired) electrons. The Bertz CT molecular complexity index is 351. The van der Waals surface area contributed by atoms with Crippen molar-refractivity contribution in [3.8, 4) is 0 Å². The van der Waals surface area contributed by atoms with Gasteiger partial charge in [0, 0.05) is 25.2 Å². The first-order chi connectivity index (χ1) is 9.04. The van der Waals surface area contributed by atoms with Gasteiger partial charge in [-0.15, -0.1) is 5.10 Å². The lowest BCUT2D eigenvalue weighted by Crippen LogP contribution is -2.30. The van der Waals surface area contributed by atoms with Crippen LogP contribution in [0.3, 0.4) is 0 Å². The fourth-order valence-electron chi connectivity index (χ4n) is 1.93. The molecule has 0 aliphatic carbocycles. The predicted octanol–water partition coefficient (Wildman–Crippen LogP) is 2.83. The first-order valence-corrected chi connectivity index (χ1v) is 7.30. The van der Waals surface area contributed by atoms with Gasteiger partial charge in [0.25, 0.3) is 0 Å². The van der Waals surface area contributed by atoms with E-state index in [1.807, 2.05) is 6.07 Å². The Hall–Kier alpha value is -1.16. The Kier molecular flexibility index (Phi) is 6.78. The van der Waals surface area contributed by atoms with Gasteiger partial charge in [-0.1, -0.05) is 27.7 Å². The van der Waals surface area contributed by atoms with Gasteiger partial charge in [0.1, 0.15) is 0 Å². The summed E-state index contributed by atoms with van der Waals surface area (Å²) in [6.45, 7) is 11.6. The number of nitrogens with zero attached hydrogens (tertiary/aromatic N) is 3. The minimum atomic E-state index is 0.519. The molecule has 0 amide bonds. The molecule has 0 fully saturated rings. The molecule has 0 unspecified atom stereocenters. The second kappa shape index (κ2) is 8.10. The SMILES string of the molecule is CC(C)CCN(CCC(C)C)c1nnccc1CN. The normalized spacial score (nSPS) is 11.3. The molecule has 1 rings (SSSR count). The number of hydrogen-bond donors (Lipinski definition) is 1. The Labute approximate surface area is 117 Å². The van der Waals surface area contributed by atoms with Gasteiger partial charge in [0.2, 0.25) is 0 Å². The highest BCUT2D eigenvalue weighted by Crippen LogP contribution is 2.18. The van der Waals surface area contributed by atoms with E-state index < -0.39 is 0 Å². The van der Waals surface area contributed by atoms with Crippen LogP contribution in [-0.2, 0) is 6.54 Å². The highest BCUT2D eigenvalue weighted by molar-refractivity contribution is 5.45. The molecule has 19 heavy (non-hydrogen) atoms. The van der Waals surface area contributed by atoms with Gasteiger partial charge in [-0.3, -0.25) is 0 Å². The summed E-state index contributed by atoms with van der Waals surface area (Å²) in [6.07, 6.45) is 4.05. The predicted molar refractivity (Wildman–Crippen MR) is 81.0 cm³/mol. The lowest BCUT2D eigenvalue weighted by Gasteiger charge is -2.26. The van der Waals surface area contributed by atoms with E-state index in [-0.39, 0.29) is 0 Å². The number of rotatable bonds is 8. The molecule has 1 aromatic heterocycles. The summed E-state index contributed by atoms with van der Waals surface area (Å²) < 4.78 is 0. The van der Waals surface area contributed by atoms with Gasteiger partial charge in [-0.05, 0) is 30.7 Å². The van der Waals surface area contributed by atoms with Crippen molar-refractivity contribution < 1.29 is 0 Å². The summed E-state index contributed by atoms with van der Waals surface area (Å²) in [5.74, 6) is 2.35. The second-order valence-electron chi connectivity index (χ2n) is 5.94. The molecule has 108 valence electrons. The third-order valence-electron chi connectivity index (χ3n) is 3.25. The van der Waals surface area contributed by atoms with Crippen LogP contribution in [0.15, 0.2) is 12.3 Å². The molecule has 4 heteroatoms. The van der Waals surface area contributed by atoms with Gasteiger partial charge < -0.3 is 10.6 Å². The highest BCUT2D eigenvalue weighted by Gasteiger charge is 2.13. The van der Waals surface area contributed by atoms with Crippen molar-refractivity contribution >= 4 is 5.82 Å². The zero-order valence-electron chi connectivity index (χ0n) is 12.8. The Morgan fingerprint density at radius 1 is 1.11 bits per heavy atom. The monoisotopic (exact) mass is 264 g/mol. The lowest BCUT2D eigenvalue weighted by atomic mass is 10.1. The Morgan fingerprint density at radius 3 is 2.16 bits per heavy atom. The third-order valence-corrected chi connectivity index (χ3v) is 3.25. The summed E-state index contributed by atoms with van der Waals surface area (Å²) >= 11 is 0. The van der Waals surface area contributed by atoms with Crippen LogP contribution >= 0.6 is 0 Å². The Morgan fingerprint density at radius 2 is 1.68 bits per heavy atom. The minimum Gasteiger partial charge on any atom is -0.355 e. The van der Waals surface area contributed by atoms with Crippen LogP contribution in [0.4, 0.5) is 5.82 Å². The topological polar surface area (TPSA) is 55.0 Å². The highest BCUT2D eigenvalue weighted by atomic mass is 15.3. The van der Waals surface area contributed by atoms with Crippen molar-refractivity contribution in [2.24, 2.45) is 17.6 Å². The molecule has 0 spiro atoms. The zero-order chi connectivity index (χ0) is 14.3. The summed E-state index contributed by atoms with van der Waals surface area (Å²) in [5.41, 5.74) is 6.89. The Balaban J connectivity index is 2.81. The van der Waals surface area contributed by atoms with Crippen LogP contribution in [0.5, 0.6) is 0 Å². The van der Waals surface area contributed by atoms with Crippen LogP contribution in [0.2, 0.25) is 0 Å². The van der Waals surface area contributed by atoms with Crippen molar-refractivity contribution in [1.29, 1.82) is 0 Å². The smallest absolute Gasteiger partial charge is 0.155 e. The maximum atomic E-state index is 5.81. The molecule has 4 nitrogen and oxygen atoms in total. The molecule has 0 aromatic carbocycles. The molecule has 0 bridgehead atoms. The molecule has 0 aliphatic rings. The maximum Gasteiger partial charge on any atom is 0.155 e. The molecule has 0 aliphatic heterocycles. The van der Waals surface area contributed by atoms with Crippen molar-refractivity contribution in [3.05, 3.63) is 17.8 Å². The molecule has 0 saturated heterocycles. The van der Waals surface area contributed by atoms with E-state index in [9.17, 15) is 0 Å². The summed E-state index contributed by atoms with van der Waals surface area (Å²) in [5, 5.41) is 8.32. The van der Waals surface area contributed by atoms with Crippen LogP contribution in [0.1, 0.15) is 46.1 Å². The quantitative estimate of drug-likeness (QED) is 0.784. The van der Waals surface area contributed by atoms with Gasteiger partial charge in [-0.25, -0.2) is 0 Å². The van der Waals surface area contributed by atoms with Gasteiger partial charge >= 0.3 is 0 Å². The van der Waals surface area contributed by atoms with Crippen molar-refractivity contribution in [1.82, 2.24) is 10.2 Å². The standard InChI is InChI=1S/C15H28N4/c1-12(2)6-9-19(10-7-13(3)4)15-14(11-16)5-8-17-18-15/h5,8,12-13H,6-7,9-11,16H2,1-4H3. The summed E-state index contributed by atoms with van der Waals surface area (Å²) in [7, 11) is 0. The number of nitrogens with two attached hydrogens (primary N) is 1. The van der Waals surface area contributed by atoms with E-state index in [2.05, 4.69) is 42.8 Å². The molecule has 0 saturated carbocycles. The summed E-state index contributed by atoms with van der Waals surface area (Å²) in [4.78, 5) is 2.34. The molecular formula is C15H28N4. The van der Waals surface area contributed by atoms with E-state index in [1.165, 1.54) is 12.8 Å². The van der Waals surface area contributed by atoms with Crippen molar-refractivity contribution in [3.63, 3.8) is 0 Å². The van der Waals surface area contributed by atoms with Crippen molar-refractivity contribution in [2.75, 3.05) is 18.0 Å². The number of aromatic nitrogens is 2. The molecule has 1 aromatic rings. The fourth-order valence-corrected chi connectivity index (χ4v) is 1.93. The van der Waals surface area contributed by atoms with E-state index in [1.54, 1.807) is 6.20 Å². The van der Waals surface area contributed by atoms with E-state index in [4.69, 9.17) is 5.73 Å². The van der Waals surface area contributed by atoms with Crippen LogP contribution in [-0.4, -0.2) is 23.3 Å². The van der Waals surface area contributed by atoms with E-state index in [0.717, 1.165) is 24.5 Å². The average molecular weight is 264 g/mol. The van der Waals surface area contributed by atoms with Gasteiger partial charge in [0.15, 0.2) is 5.82 Å². The molecule has 2 N–H and O–H groups in total. The number of anilines is 1. The first kappa shape index (κ1) is 15.9. The minimum absolute atomic E-state index is 0.519. The largest absolute Gasteiger partial charge is 0.355 e. The van der Waals surface area contributed by atoms with Gasteiger partial charge in [-0.2, -0.15) is 5.10 Å². The van der Waals surface area contributed by atoms with Crippen LogP contribution in [0.25, 0.3) is 0 Å². The maximum absolute atomic E-state index is 5.81. The van der Waals surface area contributed by atoms with Gasteiger partial charge in [0.05, 0.1) is 6.20 Å². The lowest BCUT2D eigenvalue weighted by molar-refractivity contribution is 0.531. The second-order valence-corrected chi connectivity index (χ2v) is 5.94. The summed E-state index contributed by atoms with van der Waals surface area (Å²) in [6, 6.07) is 1.97. The first-order valence-electron chi connectivity index (χ1n) is 7.30.